The van der Waals surface area contributed by atoms with E-state index >= 15 is 0 Å². The number of anilines is 1. The summed E-state index contributed by atoms with van der Waals surface area (Å²) in [6.07, 6.45) is -3.80. The molecule has 0 radical (unpaired) electrons. The maximum Gasteiger partial charge on any atom is 0.416 e. The molecule has 12 heteroatoms. The Morgan fingerprint density at radius 3 is 2.05 bits per heavy atom. The number of ether oxygens (including phenoxy) is 2. The highest BCUT2D eigenvalue weighted by molar-refractivity contribution is 5.86. The average Bonchev–Trinajstić information content (AvgIpc) is 2.88. The number of amides is 1. The Hall–Kier alpha value is -3.96. The van der Waals surface area contributed by atoms with Crippen molar-refractivity contribution < 1.29 is 45.0 Å². The van der Waals surface area contributed by atoms with Crippen molar-refractivity contribution in [3.05, 3.63) is 89.5 Å². The maximum absolute atomic E-state index is 13.1. The van der Waals surface area contributed by atoms with Gasteiger partial charge in [-0.25, -0.2) is 0 Å². The number of likely N-dealkylation sites (N-methyl/N-ethyl adjacent to an activating group) is 1. The third kappa shape index (κ3) is 8.26. The Balaban J connectivity index is 1.97. The predicted octanol–water partition coefficient (Wildman–Crippen LogP) is 6.83. The molecule has 1 atom stereocenters. The van der Waals surface area contributed by atoms with Gasteiger partial charge in [0.1, 0.15) is 6.04 Å². The lowest BCUT2D eigenvalue weighted by atomic mass is 10.0. The highest BCUT2D eigenvalue weighted by Gasteiger charge is 2.30. The molecule has 3 aromatic carbocycles. The highest BCUT2D eigenvalue weighted by atomic mass is 19.4. The van der Waals surface area contributed by atoms with Gasteiger partial charge in [0.25, 0.3) is 0 Å². The van der Waals surface area contributed by atoms with Crippen LogP contribution in [0.3, 0.4) is 0 Å². The van der Waals surface area contributed by atoms with E-state index in [2.05, 4.69) is 14.8 Å². The molecule has 210 valence electrons. The first-order chi connectivity index (χ1) is 18.5. The second-order valence-electron chi connectivity index (χ2n) is 8.31. The van der Waals surface area contributed by atoms with Gasteiger partial charge in [-0.2, -0.15) is 30.7 Å². The summed E-state index contributed by atoms with van der Waals surface area (Å²) in [5.41, 5.74) is 0.573. The van der Waals surface area contributed by atoms with Crippen LogP contribution in [0.2, 0.25) is 0 Å². The van der Waals surface area contributed by atoms with E-state index in [1.54, 1.807) is 35.2 Å². The van der Waals surface area contributed by atoms with E-state index in [0.717, 1.165) is 24.3 Å². The summed E-state index contributed by atoms with van der Waals surface area (Å²) in [4.78, 5) is 14.6. The molecule has 0 fully saturated rings. The van der Waals surface area contributed by atoms with Gasteiger partial charge in [-0.1, -0.05) is 42.5 Å². The van der Waals surface area contributed by atoms with Gasteiger partial charge in [-0.05, 0) is 48.2 Å². The summed E-state index contributed by atoms with van der Waals surface area (Å²) in [7, 11) is 1.42. The van der Waals surface area contributed by atoms with E-state index in [1.807, 2.05) is 0 Å². The SMILES string of the molecule is CNC(=O)[C@H](c1ccccc1)N(CCCc1ccc(C(F)(F)F)cc1)c1ccc(OC(F)F)c(OC(F)F)c1. The molecule has 0 saturated heterocycles. The number of rotatable bonds is 12. The Morgan fingerprint density at radius 1 is 0.872 bits per heavy atom. The summed E-state index contributed by atoms with van der Waals surface area (Å²) in [6.45, 7) is -6.49. The van der Waals surface area contributed by atoms with E-state index in [0.29, 0.717) is 24.0 Å². The fourth-order valence-electron chi connectivity index (χ4n) is 4.02. The first-order valence-electron chi connectivity index (χ1n) is 11.7. The second kappa shape index (κ2) is 13.2. The molecule has 0 aliphatic carbocycles. The molecule has 0 saturated carbocycles. The summed E-state index contributed by atoms with van der Waals surface area (Å²) in [5, 5.41) is 2.56. The van der Waals surface area contributed by atoms with Gasteiger partial charge in [-0.3, -0.25) is 4.79 Å². The topological polar surface area (TPSA) is 50.8 Å². The summed E-state index contributed by atoms with van der Waals surface area (Å²) < 4.78 is 99.1. The second-order valence-corrected chi connectivity index (χ2v) is 8.31. The van der Waals surface area contributed by atoms with Gasteiger partial charge in [0, 0.05) is 25.3 Å². The first-order valence-corrected chi connectivity index (χ1v) is 11.7. The Labute approximate surface area is 220 Å². The fourth-order valence-corrected chi connectivity index (χ4v) is 4.02. The van der Waals surface area contributed by atoms with Crippen molar-refractivity contribution in [3.63, 3.8) is 0 Å². The maximum atomic E-state index is 13.1. The number of halogens is 7. The van der Waals surface area contributed by atoms with Crippen LogP contribution >= 0.6 is 0 Å². The largest absolute Gasteiger partial charge is 0.431 e. The number of hydrogen-bond acceptors (Lipinski definition) is 4. The molecule has 3 rings (SSSR count). The van der Waals surface area contributed by atoms with Crippen molar-refractivity contribution in [1.29, 1.82) is 0 Å². The quantitative estimate of drug-likeness (QED) is 0.248. The van der Waals surface area contributed by atoms with Gasteiger partial charge >= 0.3 is 19.4 Å². The number of carbonyl (C=O) groups excluding carboxylic acids is 1. The van der Waals surface area contributed by atoms with Crippen LogP contribution in [-0.4, -0.2) is 32.7 Å². The lowest BCUT2D eigenvalue weighted by Gasteiger charge is -2.33. The van der Waals surface area contributed by atoms with E-state index in [9.17, 15) is 35.5 Å². The minimum Gasteiger partial charge on any atom is -0.431 e. The van der Waals surface area contributed by atoms with E-state index in [1.165, 1.54) is 25.2 Å². The summed E-state index contributed by atoms with van der Waals surface area (Å²) >= 11 is 0. The van der Waals surface area contributed by atoms with Crippen molar-refractivity contribution in [1.82, 2.24) is 5.32 Å². The molecule has 0 bridgehead atoms. The molecule has 0 aliphatic heterocycles. The van der Waals surface area contributed by atoms with E-state index < -0.39 is 48.4 Å². The van der Waals surface area contributed by atoms with E-state index in [4.69, 9.17) is 0 Å². The number of aryl methyl sites for hydroxylation is 1. The van der Waals surface area contributed by atoms with Crippen molar-refractivity contribution in [2.75, 3.05) is 18.5 Å². The van der Waals surface area contributed by atoms with Crippen molar-refractivity contribution in [2.24, 2.45) is 0 Å². The van der Waals surface area contributed by atoms with Crippen LogP contribution in [0.4, 0.5) is 36.4 Å². The normalized spacial score (nSPS) is 12.4. The van der Waals surface area contributed by atoms with Crippen molar-refractivity contribution >= 4 is 11.6 Å². The summed E-state index contributed by atoms with van der Waals surface area (Å²) in [5.74, 6) is -1.71. The van der Waals surface area contributed by atoms with Crippen LogP contribution in [-0.2, 0) is 17.4 Å². The molecule has 0 aromatic heterocycles. The number of benzene rings is 3. The van der Waals surface area contributed by atoms with Crippen LogP contribution in [0.25, 0.3) is 0 Å². The minimum absolute atomic E-state index is 0.136. The number of nitrogens with zero attached hydrogens (tertiary/aromatic N) is 1. The van der Waals surface area contributed by atoms with E-state index in [-0.39, 0.29) is 12.2 Å². The molecular weight excluding hydrogens is 533 g/mol. The Morgan fingerprint density at radius 2 is 1.49 bits per heavy atom. The zero-order chi connectivity index (χ0) is 28.6. The van der Waals surface area contributed by atoms with Crippen LogP contribution < -0.4 is 19.7 Å². The standard InChI is InChI=1S/C27H25F7N2O3/c1-35-24(37)23(18-7-3-2-4-8-18)36(15-5-6-17-9-11-19(12-10-17)27(32,33)34)20-13-14-21(38-25(28)29)22(16-20)39-26(30)31/h2-4,7-14,16,23,25-26H,5-6,15H2,1H3,(H,35,37)/t23-/m0/s1. The zero-order valence-corrected chi connectivity index (χ0v) is 20.6. The smallest absolute Gasteiger partial charge is 0.416 e. The third-order valence-corrected chi connectivity index (χ3v) is 5.76. The molecule has 39 heavy (non-hydrogen) atoms. The van der Waals surface area contributed by atoms with Gasteiger partial charge < -0.3 is 19.7 Å². The van der Waals surface area contributed by atoms with Crippen molar-refractivity contribution in [2.45, 2.75) is 38.3 Å². The molecule has 0 aliphatic rings. The third-order valence-electron chi connectivity index (χ3n) is 5.76. The lowest BCUT2D eigenvalue weighted by molar-refractivity contribution is -0.137. The molecule has 0 heterocycles. The monoisotopic (exact) mass is 558 g/mol. The minimum atomic E-state index is -4.47. The molecule has 0 unspecified atom stereocenters. The first kappa shape index (κ1) is 29.6. The zero-order valence-electron chi connectivity index (χ0n) is 20.6. The number of carbonyl (C=O) groups is 1. The number of hydrogen-bond donors (Lipinski definition) is 1. The number of alkyl halides is 7. The molecule has 1 N–H and O–H groups in total. The molecular formula is C27H25F7N2O3. The Kier molecular flexibility index (Phi) is 10.0. The van der Waals surface area contributed by atoms with Crippen LogP contribution in [0.1, 0.15) is 29.2 Å². The lowest BCUT2D eigenvalue weighted by Crippen LogP contribution is -2.40. The van der Waals surface area contributed by atoms with Crippen LogP contribution in [0.15, 0.2) is 72.8 Å². The van der Waals surface area contributed by atoms with Crippen molar-refractivity contribution in [3.8, 4) is 11.5 Å². The van der Waals surface area contributed by atoms with Crippen LogP contribution in [0, 0.1) is 0 Å². The predicted molar refractivity (Wildman–Crippen MR) is 130 cm³/mol. The van der Waals surface area contributed by atoms with Crippen LogP contribution in [0.5, 0.6) is 11.5 Å². The number of nitrogens with one attached hydrogen (secondary N) is 1. The highest BCUT2D eigenvalue weighted by Crippen LogP contribution is 2.37. The van der Waals surface area contributed by atoms with Gasteiger partial charge in [0.15, 0.2) is 11.5 Å². The molecule has 0 spiro atoms. The fraction of sp³-hybridized carbons (Fsp3) is 0.296. The van der Waals surface area contributed by atoms with Gasteiger partial charge in [0.2, 0.25) is 5.91 Å². The molecule has 5 nitrogen and oxygen atoms in total. The molecule has 3 aromatic rings. The average molecular weight is 558 g/mol. The van der Waals surface area contributed by atoms with Gasteiger partial charge in [-0.15, -0.1) is 0 Å². The summed E-state index contributed by atoms with van der Waals surface area (Å²) in [6, 6.07) is 15.6. The van der Waals surface area contributed by atoms with Gasteiger partial charge in [0.05, 0.1) is 5.56 Å². The Bertz CT molecular complexity index is 1210. The molecule has 1 amide bonds.